The summed E-state index contributed by atoms with van der Waals surface area (Å²) >= 11 is 5.88. The summed E-state index contributed by atoms with van der Waals surface area (Å²) in [5.74, 6) is 0.419. The van der Waals surface area contributed by atoms with E-state index in [1.165, 1.54) is 0 Å². The zero-order valence-electron chi connectivity index (χ0n) is 10.6. The van der Waals surface area contributed by atoms with E-state index in [-0.39, 0.29) is 10.9 Å². The van der Waals surface area contributed by atoms with Gasteiger partial charge in [-0.2, -0.15) is 0 Å². The minimum absolute atomic E-state index is 0.284. The first kappa shape index (κ1) is 12.9. The van der Waals surface area contributed by atoms with Crippen molar-refractivity contribution in [2.24, 2.45) is 0 Å². The Morgan fingerprint density at radius 2 is 1.89 bits per heavy atom. The Bertz CT molecular complexity index is 508. The highest BCUT2D eigenvalue weighted by Gasteiger charge is 2.23. The molecule has 0 saturated carbocycles. The summed E-state index contributed by atoms with van der Waals surface area (Å²) in [4.78, 5) is 0. The van der Waals surface area contributed by atoms with Crippen LogP contribution in [0.25, 0.3) is 0 Å². The fourth-order valence-corrected chi connectivity index (χ4v) is 1.73. The van der Waals surface area contributed by atoms with E-state index in [1.54, 1.807) is 6.92 Å². The maximum Gasteiger partial charge on any atom is 0.316 e. The van der Waals surface area contributed by atoms with E-state index in [4.69, 9.17) is 16.0 Å². The molecule has 0 aliphatic rings. The molecule has 0 fully saturated rings. The van der Waals surface area contributed by atoms with E-state index in [0.717, 1.165) is 5.56 Å². The van der Waals surface area contributed by atoms with E-state index < -0.39 is 0 Å². The zero-order valence-corrected chi connectivity index (χ0v) is 11.4. The molecule has 1 N–H and O–H groups in total. The van der Waals surface area contributed by atoms with Crippen LogP contribution in [0.15, 0.2) is 34.7 Å². The van der Waals surface area contributed by atoms with Gasteiger partial charge >= 0.3 is 6.01 Å². The number of aromatic nitrogens is 2. The van der Waals surface area contributed by atoms with Crippen LogP contribution in [0.2, 0.25) is 0 Å². The zero-order chi connectivity index (χ0) is 13.2. The maximum absolute atomic E-state index is 5.88. The molecule has 0 spiro atoms. The maximum atomic E-state index is 5.88. The number of hydrogen-bond acceptors (Lipinski definition) is 4. The third-order valence-electron chi connectivity index (χ3n) is 2.70. The fraction of sp³-hybridized carbons (Fsp3) is 0.385. The Morgan fingerprint density at radius 1 is 1.22 bits per heavy atom. The Morgan fingerprint density at radius 3 is 2.44 bits per heavy atom. The molecule has 18 heavy (non-hydrogen) atoms. The second kappa shape index (κ2) is 4.98. The molecule has 2 aromatic rings. The summed E-state index contributed by atoms with van der Waals surface area (Å²) in [6.45, 7) is 5.90. The highest BCUT2D eigenvalue weighted by molar-refractivity contribution is 6.20. The topological polar surface area (TPSA) is 51.0 Å². The first-order valence-corrected chi connectivity index (χ1v) is 6.24. The Balaban J connectivity index is 2.17. The molecule has 1 heterocycles. The summed E-state index contributed by atoms with van der Waals surface area (Å²) in [5, 5.41) is 10.7. The molecular formula is C13H16ClN3O. The quantitative estimate of drug-likeness (QED) is 0.856. The van der Waals surface area contributed by atoms with Gasteiger partial charge in [0.2, 0.25) is 5.89 Å². The van der Waals surface area contributed by atoms with E-state index in [2.05, 4.69) is 41.5 Å². The molecule has 0 saturated heterocycles. The Kier molecular flexibility index (Phi) is 3.57. The van der Waals surface area contributed by atoms with Gasteiger partial charge in [0.15, 0.2) is 0 Å². The second-order valence-corrected chi connectivity index (χ2v) is 5.33. The van der Waals surface area contributed by atoms with Gasteiger partial charge in [0, 0.05) is 0 Å². The van der Waals surface area contributed by atoms with Crippen LogP contribution in [0.3, 0.4) is 0 Å². The third-order valence-corrected chi connectivity index (χ3v) is 2.88. The SMILES string of the molecule is CC(Cl)c1nnc(NC(C)(C)c2ccccc2)o1. The van der Waals surface area contributed by atoms with Gasteiger partial charge < -0.3 is 9.73 Å². The number of hydrogen-bond donors (Lipinski definition) is 1. The fourth-order valence-electron chi connectivity index (χ4n) is 1.64. The van der Waals surface area contributed by atoms with Gasteiger partial charge in [0.1, 0.15) is 5.38 Å². The van der Waals surface area contributed by atoms with Crippen molar-refractivity contribution in [3.05, 3.63) is 41.8 Å². The van der Waals surface area contributed by atoms with Crippen molar-refractivity contribution in [2.75, 3.05) is 5.32 Å². The lowest BCUT2D eigenvalue weighted by molar-refractivity contribution is 0.482. The van der Waals surface area contributed by atoms with Crippen LogP contribution in [0.1, 0.15) is 37.6 Å². The van der Waals surface area contributed by atoms with Crippen molar-refractivity contribution < 1.29 is 4.42 Å². The number of alkyl halides is 1. The highest BCUT2D eigenvalue weighted by Crippen LogP contribution is 2.26. The minimum Gasteiger partial charge on any atom is -0.406 e. The van der Waals surface area contributed by atoms with Crippen LogP contribution in [-0.2, 0) is 5.54 Å². The van der Waals surface area contributed by atoms with Crippen LogP contribution < -0.4 is 5.32 Å². The van der Waals surface area contributed by atoms with Gasteiger partial charge in [0.05, 0.1) is 5.54 Å². The molecule has 0 aliphatic heterocycles. The van der Waals surface area contributed by atoms with Crippen molar-refractivity contribution in [1.82, 2.24) is 10.2 Å². The average Bonchev–Trinajstić information content (AvgIpc) is 2.78. The molecular weight excluding hydrogens is 250 g/mol. The first-order valence-electron chi connectivity index (χ1n) is 5.80. The minimum atomic E-state index is -0.291. The predicted octanol–water partition coefficient (Wildman–Crippen LogP) is 3.72. The number of anilines is 1. The largest absolute Gasteiger partial charge is 0.406 e. The van der Waals surface area contributed by atoms with Crippen molar-refractivity contribution >= 4 is 17.6 Å². The summed E-state index contributed by atoms with van der Waals surface area (Å²) in [7, 11) is 0. The molecule has 1 aromatic heterocycles. The molecule has 1 aromatic carbocycles. The summed E-state index contributed by atoms with van der Waals surface area (Å²) in [6.07, 6.45) is 0. The van der Waals surface area contributed by atoms with E-state index in [9.17, 15) is 0 Å². The van der Waals surface area contributed by atoms with Gasteiger partial charge in [-0.1, -0.05) is 35.4 Å². The van der Waals surface area contributed by atoms with E-state index >= 15 is 0 Å². The van der Waals surface area contributed by atoms with Crippen LogP contribution in [0.5, 0.6) is 0 Å². The van der Waals surface area contributed by atoms with Crippen molar-refractivity contribution in [1.29, 1.82) is 0 Å². The van der Waals surface area contributed by atoms with Crippen LogP contribution >= 0.6 is 11.6 Å². The molecule has 0 amide bonds. The molecule has 0 radical (unpaired) electrons. The molecule has 0 bridgehead atoms. The Hall–Kier alpha value is -1.55. The van der Waals surface area contributed by atoms with Crippen LogP contribution in [-0.4, -0.2) is 10.2 Å². The van der Waals surface area contributed by atoms with Gasteiger partial charge in [0.25, 0.3) is 0 Å². The molecule has 0 aliphatic carbocycles. The van der Waals surface area contributed by atoms with Crippen molar-refractivity contribution in [3.63, 3.8) is 0 Å². The highest BCUT2D eigenvalue weighted by atomic mass is 35.5. The first-order chi connectivity index (χ1) is 8.49. The normalized spacial score (nSPS) is 13.3. The lowest BCUT2D eigenvalue weighted by Gasteiger charge is -2.25. The Labute approximate surface area is 111 Å². The summed E-state index contributed by atoms with van der Waals surface area (Å²) < 4.78 is 5.44. The van der Waals surface area contributed by atoms with Crippen LogP contribution in [0, 0.1) is 0 Å². The van der Waals surface area contributed by atoms with Crippen molar-refractivity contribution in [2.45, 2.75) is 31.7 Å². The lowest BCUT2D eigenvalue weighted by Crippen LogP contribution is -2.27. The second-order valence-electron chi connectivity index (χ2n) is 4.68. The number of halogens is 1. The summed E-state index contributed by atoms with van der Waals surface area (Å²) in [5.41, 5.74) is 0.851. The standard InChI is InChI=1S/C13H16ClN3O/c1-9(14)11-16-17-12(18-11)15-13(2,3)10-7-5-4-6-8-10/h4-9H,1-3H3,(H,15,17). The molecule has 1 unspecified atom stereocenters. The smallest absolute Gasteiger partial charge is 0.316 e. The van der Waals surface area contributed by atoms with Gasteiger partial charge in [-0.15, -0.1) is 16.7 Å². The van der Waals surface area contributed by atoms with Crippen LogP contribution in [0.4, 0.5) is 6.01 Å². The predicted molar refractivity (Wildman–Crippen MR) is 71.7 cm³/mol. The average molecular weight is 266 g/mol. The van der Waals surface area contributed by atoms with Gasteiger partial charge in [-0.3, -0.25) is 0 Å². The molecule has 1 atom stereocenters. The lowest BCUT2D eigenvalue weighted by atomic mass is 9.95. The van der Waals surface area contributed by atoms with Gasteiger partial charge in [-0.25, -0.2) is 0 Å². The molecule has 4 nitrogen and oxygen atoms in total. The number of nitrogens with zero attached hydrogens (tertiary/aromatic N) is 2. The molecule has 5 heteroatoms. The third kappa shape index (κ3) is 2.82. The van der Waals surface area contributed by atoms with Gasteiger partial charge in [-0.05, 0) is 26.3 Å². The number of rotatable bonds is 4. The number of benzene rings is 1. The summed E-state index contributed by atoms with van der Waals surface area (Å²) in [6, 6.07) is 10.5. The van der Waals surface area contributed by atoms with E-state index in [0.29, 0.717) is 11.9 Å². The number of nitrogens with one attached hydrogen (secondary N) is 1. The molecule has 2 rings (SSSR count). The van der Waals surface area contributed by atoms with E-state index in [1.807, 2.05) is 18.2 Å². The monoisotopic (exact) mass is 265 g/mol. The van der Waals surface area contributed by atoms with Crippen molar-refractivity contribution in [3.8, 4) is 0 Å². The molecule has 96 valence electrons.